The third-order valence-corrected chi connectivity index (χ3v) is 4.86. The van der Waals surface area contributed by atoms with Crippen molar-refractivity contribution >= 4 is 34.9 Å². The molecule has 0 saturated heterocycles. The van der Waals surface area contributed by atoms with Crippen LogP contribution >= 0.6 is 11.6 Å². The monoisotopic (exact) mass is 417 g/mol. The normalized spacial score (nSPS) is 14.8. The van der Waals surface area contributed by atoms with Crippen LogP contribution in [0.25, 0.3) is 0 Å². The van der Waals surface area contributed by atoms with Gasteiger partial charge in [-0.3, -0.25) is 9.59 Å². The quantitative estimate of drug-likeness (QED) is 0.543. The SMILES string of the molecule is CCOc1c(Cl)cc(C(=O)OCC(=O)c2ccc3c(c2)[C@H](C)C(=O)N3)cc1OC. The maximum Gasteiger partial charge on any atom is 0.338 e. The van der Waals surface area contributed by atoms with Crippen LogP contribution in [0.4, 0.5) is 5.69 Å². The summed E-state index contributed by atoms with van der Waals surface area (Å²) in [6, 6.07) is 7.74. The first-order chi connectivity index (χ1) is 13.8. The largest absolute Gasteiger partial charge is 0.493 e. The summed E-state index contributed by atoms with van der Waals surface area (Å²) in [7, 11) is 1.43. The number of hydrogen-bond acceptors (Lipinski definition) is 6. The number of ketones is 1. The number of carbonyl (C=O) groups is 3. The molecule has 0 fully saturated rings. The van der Waals surface area contributed by atoms with E-state index in [0.717, 1.165) is 5.56 Å². The fourth-order valence-corrected chi connectivity index (χ4v) is 3.28. The third-order valence-electron chi connectivity index (χ3n) is 4.58. The van der Waals surface area contributed by atoms with Crippen LogP contribution in [0.15, 0.2) is 30.3 Å². The molecule has 1 aliphatic heterocycles. The summed E-state index contributed by atoms with van der Waals surface area (Å²) in [4.78, 5) is 36.5. The van der Waals surface area contributed by atoms with Crippen LogP contribution in [-0.2, 0) is 9.53 Å². The fraction of sp³-hybridized carbons (Fsp3) is 0.286. The number of hydrogen-bond donors (Lipinski definition) is 1. The Morgan fingerprint density at radius 3 is 2.62 bits per heavy atom. The molecule has 1 amide bonds. The number of benzene rings is 2. The molecule has 0 unspecified atom stereocenters. The second-order valence-corrected chi connectivity index (χ2v) is 6.84. The van der Waals surface area contributed by atoms with Gasteiger partial charge < -0.3 is 19.5 Å². The van der Waals surface area contributed by atoms with Crippen molar-refractivity contribution in [1.29, 1.82) is 0 Å². The van der Waals surface area contributed by atoms with Crippen LogP contribution in [0.2, 0.25) is 5.02 Å². The molecule has 1 N–H and O–H groups in total. The van der Waals surface area contributed by atoms with E-state index in [1.165, 1.54) is 19.2 Å². The Morgan fingerprint density at radius 2 is 1.93 bits per heavy atom. The van der Waals surface area contributed by atoms with Crippen LogP contribution < -0.4 is 14.8 Å². The van der Waals surface area contributed by atoms with Crippen LogP contribution in [0.1, 0.15) is 46.0 Å². The molecule has 0 bridgehead atoms. The minimum atomic E-state index is -0.715. The van der Waals surface area contributed by atoms with Crippen molar-refractivity contribution in [3.8, 4) is 11.5 Å². The topological polar surface area (TPSA) is 90.9 Å². The number of fused-ring (bicyclic) bond motifs is 1. The standard InChI is InChI=1S/C21H20ClNO6/c1-4-28-19-15(22)8-13(9-18(19)27-3)21(26)29-10-17(24)12-5-6-16-14(7-12)11(2)20(25)23-16/h5-9,11H,4,10H2,1-3H3,(H,23,25)/t11-/m0/s1. The molecule has 1 atom stereocenters. The van der Waals surface area contributed by atoms with Gasteiger partial charge in [0, 0.05) is 11.3 Å². The van der Waals surface area contributed by atoms with Gasteiger partial charge in [-0.25, -0.2) is 4.79 Å². The third kappa shape index (κ3) is 4.19. The Bertz CT molecular complexity index is 987. The molecule has 1 aliphatic rings. The summed E-state index contributed by atoms with van der Waals surface area (Å²) in [5, 5.41) is 2.95. The minimum absolute atomic E-state index is 0.114. The first kappa shape index (κ1) is 20.7. The smallest absolute Gasteiger partial charge is 0.338 e. The maximum absolute atomic E-state index is 12.4. The molecule has 0 radical (unpaired) electrons. The lowest BCUT2D eigenvalue weighted by molar-refractivity contribution is -0.116. The van der Waals surface area contributed by atoms with E-state index >= 15 is 0 Å². The van der Waals surface area contributed by atoms with Crippen LogP contribution in [0, 0.1) is 0 Å². The lowest BCUT2D eigenvalue weighted by Gasteiger charge is -2.13. The van der Waals surface area contributed by atoms with Crippen molar-refractivity contribution in [2.24, 2.45) is 0 Å². The Labute approximate surface area is 172 Å². The molecule has 0 aromatic heterocycles. The van der Waals surface area contributed by atoms with Gasteiger partial charge in [-0.05, 0) is 49.7 Å². The van der Waals surface area contributed by atoms with Gasteiger partial charge in [0.05, 0.1) is 30.2 Å². The van der Waals surface area contributed by atoms with Crippen molar-refractivity contribution in [3.63, 3.8) is 0 Å². The number of rotatable bonds is 7. The molecule has 1 heterocycles. The highest BCUT2D eigenvalue weighted by Crippen LogP contribution is 2.36. The number of amides is 1. The molecule has 29 heavy (non-hydrogen) atoms. The van der Waals surface area contributed by atoms with Gasteiger partial charge in [0.15, 0.2) is 23.9 Å². The van der Waals surface area contributed by atoms with Crippen LogP contribution in [0.5, 0.6) is 11.5 Å². The zero-order valence-electron chi connectivity index (χ0n) is 16.2. The van der Waals surface area contributed by atoms with Crippen molar-refractivity contribution in [1.82, 2.24) is 0 Å². The van der Waals surface area contributed by atoms with Gasteiger partial charge in [0.1, 0.15) is 0 Å². The summed E-state index contributed by atoms with van der Waals surface area (Å²) in [5.41, 5.74) is 1.94. The number of ether oxygens (including phenoxy) is 3. The first-order valence-corrected chi connectivity index (χ1v) is 9.39. The second-order valence-electron chi connectivity index (χ2n) is 6.43. The summed E-state index contributed by atoms with van der Waals surface area (Å²) in [5.74, 6) is -0.914. The van der Waals surface area contributed by atoms with E-state index in [-0.39, 0.29) is 28.2 Å². The van der Waals surface area contributed by atoms with Crippen LogP contribution in [-0.4, -0.2) is 38.0 Å². The number of esters is 1. The van der Waals surface area contributed by atoms with Crippen molar-refractivity contribution in [2.45, 2.75) is 19.8 Å². The van der Waals surface area contributed by atoms with Gasteiger partial charge in [0.25, 0.3) is 0 Å². The van der Waals surface area contributed by atoms with E-state index in [9.17, 15) is 14.4 Å². The van der Waals surface area contributed by atoms with Gasteiger partial charge in [-0.2, -0.15) is 0 Å². The van der Waals surface area contributed by atoms with E-state index in [1.807, 2.05) is 0 Å². The summed E-state index contributed by atoms with van der Waals surface area (Å²) < 4.78 is 15.8. The number of methoxy groups -OCH3 is 1. The summed E-state index contributed by atoms with van der Waals surface area (Å²) >= 11 is 6.16. The zero-order valence-corrected chi connectivity index (χ0v) is 17.0. The molecule has 152 valence electrons. The highest BCUT2D eigenvalue weighted by atomic mass is 35.5. The minimum Gasteiger partial charge on any atom is -0.493 e. The average Bonchev–Trinajstić information content (AvgIpc) is 3.00. The number of carbonyl (C=O) groups excluding carboxylic acids is 3. The fourth-order valence-electron chi connectivity index (χ4n) is 3.01. The van der Waals surface area contributed by atoms with E-state index in [0.29, 0.717) is 29.4 Å². The van der Waals surface area contributed by atoms with Crippen molar-refractivity contribution in [3.05, 3.63) is 52.0 Å². The Balaban J connectivity index is 1.70. The molecular formula is C21H20ClNO6. The number of Topliss-reactive ketones (excluding diaryl/α,β-unsaturated/α-hetero) is 1. The second kappa shape index (κ2) is 8.53. The number of nitrogens with one attached hydrogen (secondary N) is 1. The Morgan fingerprint density at radius 1 is 1.17 bits per heavy atom. The Hall–Kier alpha value is -3.06. The molecule has 0 aliphatic carbocycles. The van der Waals surface area contributed by atoms with E-state index < -0.39 is 12.6 Å². The van der Waals surface area contributed by atoms with E-state index in [2.05, 4.69) is 5.32 Å². The van der Waals surface area contributed by atoms with Gasteiger partial charge in [-0.1, -0.05) is 11.6 Å². The predicted molar refractivity (Wildman–Crippen MR) is 107 cm³/mol. The zero-order chi connectivity index (χ0) is 21.1. The highest BCUT2D eigenvalue weighted by Gasteiger charge is 2.27. The van der Waals surface area contributed by atoms with Gasteiger partial charge in [0.2, 0.25) is 5.91 Å². The molecule has 8 heteroatoms. The molecule has 0 saturated carbocycles. The average molecular weight is 418 g/mol. The van der Waals surface area contributed by atoms with Gasteiger partial charge >= 0.3 is 5.97 Å². The summed E-state index contributed by atoms with van der Waals surface area (Å²) in [6.07, 6.45) is 0. The first-order valence-electron chi connectivity index (χ1n) is 9.01. The van der Waals surface area contributed by atoms with E-state index in [4.69, 9.17) is 25.8 Å². The van der Waals surface area contributed by atoms with Crippen molar-refractivity contribution in [2.75, 3.05) is 25.6 Å². The molecule has 0 spiro atoms. The highest BCUT2D eigenvalue weighted by molar-refractivity contribution is 6.32. The maximum atomic E-state index is 12.4. The van der Waals surface area contributed by atoms with Gasteiger partial charge in [-0.15, -0.1) is 0 Å². The number of halogens is 1. The molecule has 2 aromatic rings. The molecule has 3 rings (SSSR count). The molecule has 7 nitrogen and oxygen atoms in total. The molecule has 2 aromatic carbocycles. The van der Waals surface area contributed by atoms with E-state index in [1.54, 1.807) is 32.0 Å². The summed E-state index contributed by atoms with van der Waals surface area (Å²) in [6.45, 7) is 3.50. The lowest BCUT2D eigenvalue weighted by atomic mass is 9.99. The predicted octanol–water partition coefficient (Wildman–Crippen LogP) is 3.84. The number of anilines is 1. The lowest BCUT2D eigenvalue weighted by Crippen LogP contribution is -2.15. The Kier molecular flexibility index (Phi) is 6.08. The van der Waals surface area contributed by atoms with Crippen molar-refractivity contribution < 1.29 is 28.6 Å². The molecular weight excluding hydrogens is 398 g/mol. The van der Waals surface area contributed by atoms with Crippen LogP contribution in [0.3, 0.4) is 0 Å².